The Morgan fingerprint density at radius 2 is 1.75 bits per heavy atom. The van der Waals surface area contributed by atoms with E-state index in [-0.39, 0.29) is 18.3 Å². The highest BCUT2D eigenvalue weighted by Crippen LogP contribution is 2.37. The normalized spacial score (nSPS) is 20.1. The third-order valence-electron chi connectivity index (χ3n) is 4.39. The summed E-state index contributed by atoms with van der Waals surface area (Å²) in [6, 6.07) is 3.57. The predicted octanol–water partition coefficient (Wildman–Crippen LogP) is 2.56. The quantitative estimate of drug-likeness (QED) is 0.523. The standard InChI is InChI=1S/C15H22BNO3/c1-10-11(6-13(17)7-12(10)9-18)8-16-19-14(2,3)15(4,5)20-16/h6-7,9H,8,17H2,1-5H3. The lowest BCUT2D eigenvalue weighted by Gasteiger charge is -2.32. The van der Waals surface area contributed by atoms with Gasteiger partial charge in [-0.15, -0.1) is 0 Å². The number of anilines is 1. The van der Waals surface area contributed by atoms with E-state index in [0.717, 1.165) is 17.4 Å². The van der Waals surface area contributed by atoms with Crippen LogP contribution in [0.3, 0.4) is 0 Å². The molecule has 0 aliphatic carbocycles. The summed E-state index contributed by atoms with van der Waals surface area (Å²) in [5, 5.41) is 0. The lowest BCUT2D eigenvalue weighted by Crippen LogP contribution is -2.41. The van der Waals surface area contributed by atoms with E-state index < -0.39 is 0 Å². The highest BCUT2D eigenvalue weighted by molar-refractivity contribution is 6.45. The molecule has 0 saturated carbocycles. The van der Waals surface area contributed by atoms with Gasteiger partial charge in [0.05, 0.1) is 11.2 Å². The number of hydrogen-bond donors (Lipinski definition) is 1. The van der Waals surface area contributed by atoms with Gasteiger partial charge in [-0.05, 0) is 57.9 Å². The van der Waals surface area contributed by atoms with E-state index in [1.807, 2.05) is 40.7 Å². The molecule has 1 aliphatic rings. The van der Waals surface area contributed by atoms with Crippen LogP contribution in [-0.2, 0) is 15.6 Å². The Morgan fingerprint density at radius 3 is 2.25 bits per heavy atom. The molecule has 1 fully saturated rings. The first-order valence-corrected chi connectivity index (χ1v) is 6.86. The van der Waals surface area contributed by atoms with Crippen LogP contribution in [0, 0.1) is 6.92 Å². The Balaban J connectivity index is 2.24. The van der Waals surface area contributed by atoms with Crippen molar-refractivity contribution in [2.45, 2.75) is 52.1 Å². The highest BCUT2D eigenvalue weighted by Gasteiger charge is 2.50. The molecule has 2 rings (SSSR count). The van der Waals surface area contributed by atoms with Crippen LogP contribution in [-0.4, -0.2) is 24.6 Å². The lowest BCUT2D eigenvalue weighted by atomic mass is 9.78. The summed E-state index contributed by atoms with van der Waals surface area (Å²) in [6.45, 7) is 10.0. The summed E-state index contributed by atoms with van der Waals surface area (Å²) in [5.74, 6) is 0. The molecule has 0 atom stereocenters. The fourth-order valence-corrected chi connectivity index (χ4v) is 2.39. The first kappa shape index (κ1) is 15.1. The number of nitrogen functional groups attached to an aromatic ring is 1. The van der Waals surface area contributed by atoms with E-state index in [1.165, 1.54) is 0 Å². The summed E-state index contributed by atoms with van der Waals surface area (Å²) in [5.41, 5.74) is 8.28. The molecule has 20 heavy (non-hydrogen) atoms. The van der Waals surface area contributed by atoms with Crippen LogP contribution in [0.5, 0.6) is 0 Å². The molecule has 4 nitrogen and oxygen atoms in total. The number of carbonyl (C=O) groups excluding carboxylic acids is 1. The molecule has 1 heterocycles. The zero-order valence-corrected chi connectivity index (χ0v) is 12.8. The number of rotatable bonds is 3. The van der Waals surface area contributed by atoms with Crippen molar-refractivity contribution in [1.29, 1.82) is 0 Å². The van der Waals surface area contributed by atoms with Crippen molar-refractivity contribution in [3.8, 4) is 0 Å². The summed E-state index contributed by atoms with van der Waals surface area (Å²) in [4.78, 5) is 11.1. The Labute approximate surface area is 120 Å². The van der Waals surface area contributed by atoms with E-state index in [4.69, 9.17) is 15.0 Å². The number of hydrogen-bond acceptors (Lipinski definition) is 4. The molecule has 1 saturated heterocycles. The molecule has 2 N–H and O–H groups in total. The van der Waals surface area contributed by atoms with E-state index in [9.17, 15) is 4.79 Å². The fraction of sp³-hybridized carbons (Fsp3) is 0.533. The van der Waals surface area contributed by atoms with Crippen LogP contribution in [0.2, 0.25) is 0 Å². The van der Waals surface area contributed by atoms with Gasteiger partial charge in [-0.1, -0.05) is 0 Å². The number of carbonyl (C=O) groups is 1. The zero-order valence-electron chi connectivity index (χ0n) is 12.8. The van der Waals surface area contributed by atoms with Gasteiger partial charge in [0, 0.05) is 17.6 Å². The molecule has 0 bridgehead atoms. The minimum Gasteiger partial charge on any atom is -0.403 e. The van der Waals surface area contributed by atoms with Crippen LogP contribution in [0.25, 0.3) is 0 Å². The van der Waals surface area contributed by atoms with Crippen molar-refractivity contribution >= 4 is 19.1 Å². The minimum atomic E-state index is -0.348. The van der Waals surface area contributed by atoms with E-state index in [2.05, 4.69) is 0 Å². The molecule has 0 radical (unpaired) electrons. The summed E-state index contributed by atoms with van der Waals surface area (Å²) >= 11 is 0. The second-order valence-corrected chi connectivity index (χ2v) is 6.40. The summed E-state index contributed by atoms with van der Waals surface area (Å²) in [6.07, 6.45) is 1.42. The Morgan fingerprint density at radius 1 is 1.20 bits per heavy atom. The van der Waals surface area contributed by atoms with Gasteiger partial charge >= 0.3 is 7.12 Å². The average molecular weight is 275 g/mol. The third-order valence-corrected chi connectivity index (χ3v) is 4.39. The second-order valence-electron chi connectivity index (χ2n) is 6.40. The van der Waals surface area contributed by atoms with Crippen LogP contribution in [0.15, 0.2) is 12.1 Å². The molecule has 108 valence electrons. The third kappa shape index (κ3) is 2.60. The van der Waals surface area contributed by atoms with Gasteiger partial charge in [-0.25, -0.2) is 0 Å². The second kappa shape index (κ2) is 4.90. The molecule has 1 aromatic carbocycles. The van der Waals surface area contributed by atoms with Crippen molar-refractivity contribution in [2.75, 3.05) is 5.73 Å². The van der Waals surface area contributed by atoms with Gasteiger partial charge in [-0.2, -0.15) is 0 Å². The number of aldehydes is 1. The highest BCUT2D eigenvalue weighted by atomic mass is 16.7. The Hall–Kier alpha value is -1.33. The average Bonchev–Trinajstić information content (AvgIpc) is 2.51. The van der Waals surface area contributed by atoms with Gasteiger partial charge in [-0.3, -0.25) is 4.79 Å². The van der Waals surface area contributed by atoms with Crippen LogP contribution >= 0.6 is 0 Å². The van der Waals surface area contributed by atoms with Gasteiger partial charge in [0.2, 0.25) is 0 Å². The number of benzene rings is 1. The lowest BCUT2D eigenvalue weighted by molar-refractivity contribution is 0.00578. The van der Waals surface area contributed by atoms with E-state index in [0.29, 0.717) is 17.6 Å². The molecule has 0 unspecified atom stereocenters. The van der Waals surface area contributed by atoms with Crippen LogP contribution < -0.4 is 5.73 Å². The first-order valence-electron chi connectivity index (χ1n) is 6.86. The Kier molecular flexibility index (Phi) is 3.69. The summed E-state index contributed by atoms with van der Waals surface area (Å²) in [7, 11) is -0.319. The van der Waals surface area contributed by atoms with Crippen molar-refractivity contribution in [3.05, 3.63) is 28.8 Å². The maximum atomic E-state index is 11.1. The predicted molar refractivity (Wildman–Crippen MR) is 80.8 cm³/mol. The van der Waals surface area contributed by atoms with Gasteiger partial charge in [0.1, 0.15) is 6.29 Å². The van der Waals surface area contributed by atoms with E-state index >= 15 is 0 Å². The molecule has 5 heteroatoms. The minimum absolute atomic E-state index is 0.319. The van der Waals surface area contributed by atoms with Gasteiger partial charge < -0.3 is 15.0 Å². The Bertz CT molecular complexity index is 524. The molecule has 1 aromatic rings. The molecule has 1 aliphatic heterocycles. The number of nitrogens with two attached hydrogens (primary N) is 1. The van der Waals surface area contributed by atoms with Gasteiger partial charge in [0.25, 0.3) is 0 Å². The summed E-state index contributed by atoms with van der Waals surface area (Å²) < 4.78 is 12.0. The molecular weight excluding hydrogens is 253 g/mol. The van der Waals surface area contributed by atoms with Crippen LogP contribution in [0.1, 0.15) is 49.2 Å². The van der Waals surface area contributed by atoms with Crippen molar-refractivity contribution in [3.63, 3.8) is 0 Å². The van der Waals surface area contributed by atoms with Crippen molar-refractivity contribution < 1.29 is 14.1 Å². The van der Waals surface area contributed by atoms with Crippen molar-refractivity contribution in [1.82, 2.24) is 0 Å². The van der Waals surface area contributed by atoms with Gasteiger partial charge in [0.15, 0.2) is 0 Å². The fourth-order valence-electron chi connectivity index (χ4n) is 2.39. The van der Waals surface area contributed by atoms with Crippen LogP contribution in [0.4, 0.5) is 5.69 Å². The molecule has 0 amide bonds. The topological polar surface area (TPSA) is 61.6 Å². The largest absolute Gasteiger partial charge is 0.462 e. The SMILES string of the molecule is Cc1c(C=O)cc(N)cc1CB1OC(C)(C)C(C)(C)O1. The molecular formula is C15H22BNO3. The van der Waals surface area contributed by atoms with Crippen molar-refractivity contribution in [2.24, 2.45) is 0 Å². The maximum absolute atomic E-state index is 11.1. The van der Waals surface area contributed by atoms with E-state index in [1.54, 1.807) is 6.07 Å². The monoisotopic (exact) mass is 275 g/mol. The molecule has 0 aromatic heterocycles. The maximum Gasteiger partial charge on any atom is 0.462 e. The smallest absolute Gasteiger partial charge is 0.403 e. The molecule has 0 spiro atoms. The first-order chi connectivity index (χ1) is 9.16. The zero-order chi connectivity index (χ0) is 15.1.